The quantitative estimate of drug-likeness (QED) is 0.832. The van der Waals surface area contributed by atoms with Gasteiger partial charge in [-0.1, -0.05) is 24.2 Å². The Balaban J connectivity index is 1.98. The number of aromatic nitrogens is 2. The number of hydrogen-bond donors (Lipinski definition) is 2. The molecule has 0 radical (unpaired) electrons. The number of aromatic hydroxyl groups is 1. The van der Waals surface area contributed by atoms with E-state index in [1.807, 2.05) is 12.1 Å². The zero-order chi connectivity index (χ0) is 13.7. The van der Waals surface area contributed by atoms with Crippen LogP contribution < -0.4 is 5.73 Å². The molecule has 1 aromatic heterocycles. The number of rotatable bonds is 6. The van der Waals surface area contributed by atoms with E-state index in [9.17, 15) is 5.11 Å². The third-order valence-corrected chi connectivity index (χ3v) is 3.05. The maximum absolute atomic E-state index is 9.22. The molecule has 0 aliphatic heterocycles. The molecule has 1 heterocycles. The summed E-state index contributed by atoms with van der Waals surface area (Å²) in [5.74, 6) is 1.83. The van der Waals surface area contributed by atoms with Crippen LogP contribution in [-0.2, 0) is 6.42 Å². The van der Waals surface area contributed by atoms with Crippen molar-refractivity contribution in [1.29, 1.82) is 0 Å². The normalized spacial score (nSPS) is 12.5. The molecular weight excluding hydrogens is 242 g/mol. The Morgan fingerprint density at radius 2 is 2.05 bits per heavy atom. The number of benzene rings is 1. The summed E-state index contributed by atoms with van der Waals surface area (Å²) in [6, 6.07) is 7.01. The van der Waals surface area contributed by atoms with Crippen LogP contribution in [0.2, 0.25) is 0 Å². The molecule has 19 heavy (non-hydrogen) atoms. The lowest BCUT2D eigenvalue weighted by molar-refractivity contribution is 0.349. The van der Waals surface area contributed by atoms with Gasteiger partial charge >= 0.3 is 0 Å². The zero-order valence-electron chi connectivity index (χ0n) is 11.0. The van der Waals surface area contributed by atoms with Gasteiger partial charge < -0.3 is 15.4 Å². The van der Waals surface area contributed by atoms with Crippen molar-refractivity contribution >= 4 is 0 Å². The van der Waals surface area contributed by atoms with Crippen molar-refractivity contribution in [3.63, 3.8) is 0 Å². The van der Waals surface area contributed by atoms with Gasteiger partial charge in [0.05, 0.1) is 0 Å². The third kappa shape index (κ3) is 3.79. The molecule has 0 bridgehead atoms. The topological polar surface area (TPSA) is 85.2 Å². The molecule has 0 fully saturated rings. The Morgan fingerprint density at radius 1 is 1.32 bits per heavy atom. The highest BCUT2D eigenvalue weighted by molar-refractivity contribution is 5.27. The minimum absolute atomic E-state index is 0.240. The Morgan fingerprint density at radius 3 is 2.74 bits per heavy atom. The lowest BCUT2D eigenvalue weighted by Gasteiger charge is -2.03. The SMILES string of the molecule is CC(CCCN)c1nc(Cc2ccc(O)cc2)no1. The first-order valence-corrected chi connectivity index (χ1v) is 6.49. The van der Waals surface area contributed by atoms with E-state index < -0.39 is 0 Å². The molecule has 3 N–H and O–H groups in total. The lowest BCUT2D eigenvalue weighted by atomic mass is 10.1. The fourth-order valence-corrected chi connectivity index (χ4v) is 1.88. The van der Waals surface area contributed by atoms with Crippen molar-refractivity contribution in [3.05, 3.63) is 41.5 Å². The second-order valence-electron chi connectivity index (χ2n) is 4.72. The van der Waals surface area contributed by atoms with Crippen molar-refractivity contribution in [2.45, 2.75) is 32.1 Å². The largest absolute Gasteiger partial charge is 0.508 e. The van der Waals surface area contributed by atoms with Crippen LogP contribution in [0.25, 0.3) is 0 Å². The molecule has 0 spiro atoms. The van der Waals surface area contributed by atoms with Crippen LogP contribution >= 0.6 is 0 Å². The first kappa shape index (κ1) is 13.5. The van der Waals surface area contributed by atoms with Crippen molar-refractivity contribution in [2.24, 2.45) is 5.73 Å². The molecule has 0 aliphatic carbocycles. The van der Waals surface area contributed by atoms with Gasteiger partial charge in [-0.15, -0.1) is 0 Å². The van der Waals surface area contributed by atoms with Gasteiger partial charge in [-0.05, 0) is 37.1 Å². The number of phenolic OH excluding ortho intramolecular Hbond substituents is 1. The van der Waals surface area contributed by atoms with Gasteiger partial charge in [-0.25, -0.2) is 0 Å². The highest BCUT2D eigenvalue weighted by Gasteiger charge is 2.14. The van der Waals surface area contributed by atoms with E-state index in [-0.39, 0.29) is 11.7 Å². The Hall–Kier alpha value is -1.88. The Bertz CT molecular complexity index is 508. The van der Waals surface area contributed by atoms with E-state index in [0.29, 0.717) is 24.7 Å². The number of nitrogens with zero attached hydrogens (tertiary/aromatic N) is 2. The van der Waals surface area contributed by atoms with Crippen LogP contribution in [0.1, 0.15) is 43.0 Å². The van der Waals surface area contributed by atoms with Gasteiger partial charge in [0.1, 0.15) is 5.75 Å². The molecule has 1 atom stereocenters. The predicted molar refractivity (Wildman–Crippen MR) is 71.9 cm³/mol. The summed E-state index contributed by atoms with van der Waals surface area (Å²) in [7, 11) is 0. The molecule has 102 valence electrons. The average Bonchev–Trinajstić information content (AvgIpc) is 2.87. The van der Waals surface area contributed by atoms with Crippen molar-refractivity contribution in [3.8, 4) is 5.75 Å². The number of phenols is 1. The average molecular weight is 261 g/mol. The van der Waals surface area contributed by atoms with Crippen LogP contribution in [0.3, 0.4) is 0 Å². The summed E-state index contributed by atoms with van der Waals surface area (Å²) in [6.45, 7) is 2.74. The van der Waals surface area contributed by atoms with Crippen LogP contribution in [-0.4, -0.2) is 21.8 Å². The van der Waals surface area contributed by atoms with Gasteiger partial charge in [0, 0.05) is 12.3 Å². The predicted octanol–water partition coefficient (Wildman–Crippen LogP) is 2.21. The van der Waals surface area contributed by atoms with Crippen LogP contribution in [0.4, 0.5) is 0 Å². The molecule has 5 heteroatoms. The minimum atomic E-state index is 0.240. The van der Waals surface area contributed by atoms with Gasteiger partial charge in [0.25, 0.3) is 0 Å². The van der Waals surface area contributed by atoms with Gasteiger partial charge in [-0.3, -0.25) is 0 Å². The molecule has 5 nitrogen and oxygen atoms in total. The summed E-state index contributed by atoms with van der Waals surface area (Å²) in [5.41, 5.74) is 6.53. The Kier molecular flexibility index (Phi) is 4.52. The van der Waals surface area contributed by atoms with Crippen molar-refractivity contribution in [1.82, 2.24) is 10.1 Å². The number of nitrogens with two attached hydrogens (primary N) is 1. The molecule has 1 unspecified atom stereocenters. The molecule has 0 amide bonds. The smallest absolute Gasteiger partial charge is 0.229 e. The van der Waals surface area contributed by atoms with Crippen LogP contribution in [0, 0.1) is 0 Å². The fraction of sp³-hybridized carbons (Fsp3) is 0.429. The zero-order valence-corrected chi connectivity index (χ0v) is 11.0. The van der Waals surface area contributed by atoms with E-state index in [1.54, 1.807) is 12.1 Å². The van der Waals surface area contributed by atoms with E-state index in [2.05, 4.69) is 17.1 Å². The van der Waals surface area contributed by atoms with Gasteiger partial charge in [0.15, 0.2) is 5.82 Å². The second kappa shape index (κ2) is 6.33. The molecular formula is C14H19N3O2. The number of hydrogen-bond acceptors (Lipinski definition) is 5. The van der Waals surface area contributed by atoms with E-state index >= 15 is 0 Å². The van der Waals surface area contributed by atoms with E-state index in [4.69, 9.17) is 10.3 Å². The first-order chi connectivity index (χ1) is 9.19. The Labute approximate surface area is 112 Å². The lowest BCUT2D eigenvalue weighted by Crippen LogP contribution is -2.02. The minimum Gasteiger partial charge on any atom is -0.508 e. The summed E-state index contributed by atoms with van der Waals surface area (Å²) in [4.78, 5) is 4.40. The molecule has 2 rings (SSSR count). The first-order valence-electron chi connectivity index (χ1n) is 6.49. The third-order valence-electron chi connectivity index (χ3n) is 3.05. The van der Waals surface area contributed by atoms with Crippen LogP contribution in [0.5, 0.6) is 5.75 Å². The highest BCUT2D eigenvalue weighted by atomic mass is 16.5. The maximum Gasteiger partial charge on any atom is 0.229 e. The van der Waals surface area contributed by atoms with Gasteiger partial charge in [0.2, 0.25) is 5.89 Å². The second-order valence-corrected chi connectivity index (χ2v) is 4.72. The molecule has 0 aliphatic rings. The summed E-state index contributed by atoms with van der Waals surface area (Å²) < 4.78 is 5.27. The monoisotopic (exact) mass is 261 g/mol. The summed E-state index contributed by atoms with van der Waals surface area (Å²) in [6.07, 6.45) is 2.52. The van der Waals surface area contributed by atoms with Gasteiger partial charge in [-0.2, -0.15) is 4.98 Å². The summed E-state index contributed by atoms with van der Waals surface area (Å²) in [5, 5.41) is 13.2. The molecule has 1 aromatic carbocycles. The van der Waals surface area contributed by atoms with Crippen molar-refractivity contribution in [2.75, 3.05) is 6.54 Å². The summed E-state index contributed by atoms with van der Waals surface area (Å²) >= 11 is 0. The van der Waals surface area contributed by atoms with E-state index in [1.165, 1.54) is 0 Å². The molecule has 2 aromatic rings. The molecule has 0 saturated carbocycles. The van der Waals surface area contributed by atoms with E-state index in [0.717, 1.165) is 18.4 Å². The standard InChI is InChI=1S/C14H19N3O2/c1-10(3-2-8-15)14-16-13(17-19-14)9-11-4-6-12(18)7-5-11/h4-7,10,18H,2-3,8-9,15H2,1H3. The fourth-order valence-electron chi connectivity index (χ4n) is 1.88. The van der Waals surface area contributed by atoms with Crippen LogP contribution in [0.15, 0.2) is 28.8 Å². The van der Waals surface area contributed by atoms with Crippen molar-refractivity contribution < 1.29 is 9.63 Å². The maximum atomic E-state index is 9.22. The molecule has 0 saturated heterocycles. The highest BCUT2D eigenvalue weighted by Crippen LogP contribution is 2.19.